The fourth-order valence-corrected chi connectivity index (χ4v) is 20.7. The van der Waals surface area contributed by atoms with Gasteiger partial charge in [0.05, 0.1) is 0 Å². The monoisotopic (exact) mass is 499 g/mol. The molecular formula is C26H37NOSn. The zero-order valence-corrected chi connectivity index (χ0v) is 21.6. The van der Waals surface area contributed by atoms with E-state index in [2.05, 4.69) is 63.2 Å². The Morgan fingerprint density at radius 2 is 1.34 bits per heavy atom. The van der Waals surface area contributed by atoms with Crippen molar-refractivity contribution >= 4 is 43.8 Å². The summed E-state index contributed by atoms with van der Waals surface area (Å²) in [6.07, 6.45) is 8.08. The molecule has 1 heterocycles. The fourth-order valence-electron chi connectivity index (χ4n) is 4.76. The Balaban J connectivity index is 2.16. The molecule has 0 aliphatic rings. The van der Waals surface area contributed by atoms with Gasteiger partial charge in [0.2, 0.25) is 0 Å². The van der Waals surface area contributed by atoms with Gasteiger partial charge in [-0.3, -0.25) is 0 Å². The normalized spacial score (nSPS) is 12.0. The van der Waals surface area contributed by atoms with Crippen LogP contribution in [0.5, 0.6) is 5.75 Å². The van der Waals surface area contributed by atoms with Crippen LogP contribution in [-0.4, -0.2) is 30.5 Å². The standard InChI is InChI=1S/C14H10NO.3C4H9.Sn/c1-16-14-10-6-2-4-8-12(10)15-13-9-5-3-7-11(13)14;3*1-3-4-2;/h2-4,6-9H,1H3;3*1,3-4H2,2H3;. The second kappa shape index (κ2) is 10.7. The van der Waals surface area contributed by atoms with Crippen LogP contribution in [0.4, 0.5) is 0 Å². The molecule has 0 saturated heterocycles. The Kier molecular flexibility index (Phi) is 8.23. The molecule has 2 aromatic carbocycles. The summed E-state index contributed by atoms with van der Waals surface area (Å²) in [7, 11) is 1.78. The second-order valence-corrected chi connectivity index (χ2v) is 21.7. The predicted molar refractivity (Wildman–Crippen MR) is 130 cm³/mol. The average molecular weight is 498 g/mol. The molecule has 0 bridgehead atoms. The van der Waals surface area contributed by atoms with E-state index in [1.165, 1.54) is 51.8 Å². The first-order valence-corrected chi connectivity index (χ1v) is 19.0. The zero-order valence-electron chi connectivity index (χ0n) is 18.8. The molecule has 0 radical (unpaired) electrons. The number of unbranched alkanes of at least 4 members (excludes halogenated alkanes) is 3. The van der Waals surface area contributed by atoms with Crippen molar-refractivity contribution in [3.05, 3.63) is 42.5 Å². The van der Waals surface area contributed by atoms with E-state index in [1.807, 2.05) is 0 Å². The minimum atomic E-state index is -2.45. The van der Waals surface area contributed by atoms with Gasteiger partial charge in [-0.15, -0.1) is 0 Å². The molecule has 0 aliphatic heterocycles. The summed E-state index contributed by atoms with van der Waals surface area (Å²) in [5.41, 5.74) is 2.15. The Hall–Kier alpha value is -1.29. The van der Waals surface area contributed by atoms with Gasteiger partial charge in [0, 0.05) is 0 Å². The third-order valence-electron chi connectivity index (χ3n) is 6.48. The van der Waals surface area contributed by atoms with E-state index in [9.17, 15) is 0 Å². The molecule has 2 nitrogen and oxygen atoms in total. The first kappa shape index (κ1) is 22.4. The number of aromatic nitrogens is 1. The summed E-state index contributed by atoms with van der Waals surface area (Å²) >= 11 is -2.45. The molecular weight excluding hydrogens is 461 g/mol. The van der Waals surface area contributed by atoms with Gasteiger partial charge in [-0.1, -0.05) is 0 Å². The van der Waals surface area contributed by atoms with Gasteiger partial charge >= 0.3 is 181 Å². The van der Waals surface area contributed by atoms with E-state index >= 15 is 0 Å². The quantitative estimate of drug-likeness (QED) is 0.202. The molecule has 3 heteroatoms. The molecule has 0 atom stereocenters. The molecule has 156 valence electrons. The number of methoxy groups -OCH3 is 1. The number of fused-ring (bicyclic) bond motifs is 2. The summed E-state index contributed by atoms with van der Waals surface area (Å²) in [6, 6.07) is 15.6. The summed E-state index contributed by atoms with van der Waals surface area (Å²) in [5.74, 6) is 0.966. The molecule has 0 fully saturated rings. The van der Waals surface area contributed by atoms with E-state index in [0.29, 0.717) is 0 Å². The third kappa shape index (κ3) is 4.90. The van der Waals surface area contributed by atoms with Gasteiger partial charge in [-0.05, 0) is 0 Å². The average Bonchev–Trinajstić information content (AvgIpc) is 2.76. The molecule has 1 aromatic heterocycles. The van der Waals surface area contributed by atoms with E-state index in [4.69, 9.17) is 9.72 Å². The van der Waals surface area contributed by atoms with Crippen molar-refractivity contribution < 1.29 is 4.74 Å². The van der Waals surface area contributed by atoms with Crippen LogP contribution in [0.15, 0.2) is 42.5 Å². The first-order valence-electron chi connectivity index (χ1n) is 11.6. The molecule has 3 rings (SSSR count). The third-order valence-corrected chi connectivity index (χ3v) is 22.1. The van der Waals surface area contributed by atoms with Crippen LogP contribution in [0, 0.1) is 0 Å². The number of rotatable bonds is 11. The molecule has 3 aromatic rings. The maximum atomic E-state index is 5.84. The van der Waals surface area contributed by atoms with E-state index in [0.717, 1.165) is 27.6 Å². The van der Waals surface area contributed by atoms with E-state index < -0.39 is 18.4 Å². The number of benzene rings is 2. The maximum absolute atomic E-state index is 5.84. The van der Waals surface area contributed by atoms with Gasteiger partial charge in [0.1, 0.15) is 0 Å². The van der Waals surface area contributed by atoms with Crippen molar-refractivity contribution in [1.29, 1.82) is 0 Å². The summed E-state index contributed by atoms with van der Waals surface area (Å²) in [6.45, 7) is 7.03. The number of hydrogen-bond acceptors (Lipinski definition) is 2. The van der Waals surface area contributed by atoms with Gasteiger partial charge in [-0.25, -0.2) is 0 Å². The number of nitrogens with zero attached hydrogens (tertiary/aromatic N) is 1. The van der Waals surface area contributed by atoms with Crippen molar-refractivity contribution in [2.45, 2.75) is 72.6 Å². The van der Waals surface area contributed by atoms with E-state index in [-0.39, 0.29) is 0 Å². The van der Waals surface area contributed by atoms with Crippen LogP contribution in [0.1, 0.15) is 59.3 Å². The summed E-state index contributed by atoms with van der Waals surface area (Å²) in [4.78, 5) is 5.05. The van der Waals surface area contributed by atoms with Crippen LogP contribution in [-0.2, 0) is 0 Å². The Morgan fingerprint density at radius 1 is 0.759 bits per heavy atom. The summed E-state index contributed by atoms with van der Waals surface area (Å²) in [5, 5.41) is 2.25. The summed E-state index contributed by atoms with van der Waals surface area (Å²) < 4.78 is 12.0. The van der Waals surface area contributed by atoms with Crippen molar-refractivity contribution in [3.8, 4) is 5.75 Å². The topological polar surface area (TPSA) is 22.1 Å². The van der Waals surface area contributed by atoms with Crippen LogP contribution in [0.2, 0.25) is 13.3 Å². The van der Waals surface area contributed by atoms with Crippen molar-refractivity contribution in [3.63, 3.8) is 0 Å². The molecule has 0 saturated carbocycles. The molecule has 0 aliphatic carbocycles. The minimum absolute atomic E-state index is 0.966. The second-order valence-electron chi connectivity index (χ2n) is 8.49. The zero-order chi connectivity index (χ0) is 20.7. The van der Waals surface area contributed by atoms with Crippen LogP contribution < -0.4 is 8.32 Å². The van der Waals surface area contributed by atoms with Crippen molar-refractivity contribution in [1.82, 2.24) is 4.98 Å². The van der Waals surface area contributed by atoms with Crippen LogP contribution >= 0.6 is 0 Å². The number of para-hydroxylation sites is 1. The molecule has 0 spiro atoms. The van der Waals surface area contributed by atoms with Crippen molar-refractivity contribution in [2.75, 3.05) is 7.11 Å². The fraction of sp³-hybridized carbons (Fsp3) is 0.500. The van der Waals surface area contributed by atoms with E-state index in [1.54, 1.807) is 10.7 Å². The molecule has 0 amide bonds. The number of ether oxygens (including phenoxy) is 1. The molecule has 29 heavy (non-hydrogen) atoms. The Morgan fingerprint density at radius 3 is 1.93 bits per heavy atom. The van der Waals surface area contributed by atoms with Gasteiger partial charge in [0.25, 0.3) is 0 Å². The Bertz CT molecular complexity index is 915. The predicted octanol–water partition coefficient (Wildman–Crippen LogP) is 7.45. The van der Waals surface area contributed by atoms with Crippen molar-refractivity contribution in [2.24, 2.45) is 0 Å². The van der Waals surface area contributed by atoms with Crippen LogP contribution in [0.25, 0.3) is 21.8 Å². The Labute approximate surface area is 180 Å². The first-order chi connectivity index (χ1) is 14.2. The number of hydrogen-bond donors (Lipinski definition) is 0. The van der Waals surface area contributed by atoms with Gasteiger partial charge in [0.15, 0.2) is 0 Å². The van der Waals surface area contributed by atoms with Gasteiger partial charge < -0.3 is 0 Å². The van der Waals surface area contributed by atoms with Crippen LogP contribution in [0.3, 0.4) is 0 Å². The SMILES string of the molecule is CCC[CH2][Sn]([CH2]CCC)([CH2]CCC)[c]1ccc2c(OC)c3ccccc3nc2c1. The molecule has 0 N–H and O–H groups in total. The molecule has 0 unspecified atom stereocenters. The number of pyridine rings is 1. The van der Waals surface area contributed by atoms with Gasteiger partial charge in [-0.2, -0.15) is 0 Å².